The summed E-state index contributed by atoms with van der Waals surface area (Å²) in [6.45, 7) is 1.74. The highest BCUT2D eigenvalue weighted by molar-refractivity contribution is 5.98. The van der Waals surface area contributed by atoms with Gasteiger partial charge in [0, 0.05) is 0 Å². The molecule has 1 amide bonds. The third-order valence-electron chi connectivity index (χ3n) is 3.43. The summed E-state index contributed by atoms with van der Waals surface area (Å²) in [6.07, 6.45) is 0.234. The molecule has 1 atom stereocenters. The van der Waals surface area contributed by atoms with Crippen LogP contribution in [0.3, 0.4) is 0 Å². The molecule has 4 nitrogen and oxygen atoms in total. The largest absolute Gasteiger partial charge is 0.375 e. The monoisotopic (exact) mass is 280 g/mol. The fourth-order valence-corrected chi connectivity index (χ4v) is 2.12. The van der Waals surface area contributed by atoms with Crippen LogP contribution in [-0.4, -0.2) is 11.0 Å². The number of para-hydroxylation sites is 1. The van der Waals surface area contributed by atoms with Crippen molar-refractivity contribution >= 4 is 11.6 Å². The van der Waals surface area contributed by atoms with Crippen LogP contribution in [0.25, 0.3) is 0 Å². The first-order chi connectivity index (χ1) is 10.1. The van der Waals surface area contributed by atoms with Crippen LogP contribution in [0.1, 0.15) is 24.5 Å². The summed E-state index contributed by atoms with van der Waals surface area (Å²) in [6, 6.07) is 17.5. The van der Waals surface area contributed by atoms with E-state index in [9.17, 15) is 9.90 Å². The van der Waals surface area contributed by atoms with E-state index in [1.165, 1.54) is 0 Å². The highest BCUT2D eigenvalue weighted by Crippen LogP contribution is 2.27. The molecule has 4 heteroatoms. The number of rotatable bonds is 4. The zero-order valence-electron chi connectivity index (χ0n) is 11.7. The Morgan fingerprint density at radius 1 is 1.19 bits per heavy atom. The molecule has 21 heavy (non-hydrogen) atoms. The van der Waals surface area contributed by atoms with Gasteiger partial charge < -0.3 is 10.4 Å². The van der Waals surface area contributed by atoms with E-state index < -0.39 is 11.5 Å². The van der Waals surface area contributed by atoms with Crippen LogP contribution < -0.4 is 5.32 Å². The molecule has 106 valence electrons. The van der Waals surface area contributed by atoms with Crippen LogP contribution in [0.2, 0.25) is 0 Å². The second-order valence-corrected chi connectivity index (χ2v) is 4.69. The van der Waals surface area contributed by atoms with E-state index in [1.54, 1.807) is 55.5 Å². The van der Waals surface area contributed by atoms with E-state index in [-0.39, 0.29) is 6.42 Å². The fourth-order valence-electron chi connectivity index (χ4n) is 2.12. The minimum absolute atomic E-state index is 0.234. The molecule has 0 spiro atoms. The molecule has 1 unspecified atom stereocenters. The van der Waals surface area contributed by atoms with Gasteiger partial charge in [-0.25, -0.2) is 0 Å². The molecule has 0 saturated heterocycles. The summed E-state index contributed by atoms with van der Waals surface area (Å²) in [7, 11) is 0. The van der Waals surface area contributed by atoms with Gasteiger partial charge in [0.05, 0.1) is 11.3 Å². The maximum Gasteiger partial charge on any atom is 0.261 e. The average molecular weight is 280 g/mol. The molecule has 0 saturated carbocycles. The quantitative estimate of drug-likeness (QED) is 0.904. The average Bonchev–Trinajstić information content (AvgIpc) is 2.55. The Kier molecular flexibility index (Phi) is 4.36. The van der Waals surface area contributed by atoms with Gasteiger partial charge >= 0.3 is 0 Å². The smallest absolute Gasteiger partial charge is 0.261 e. The molecule has 2 aromatic carbocycles. The van der Waals surface area contributed by atoms with Gasteiger partial charge in [0.25, 0.3) is 5.91 Å². The van der Waals surface area contributed by atoms with Gasteiger partial charge in [0.2, 0.25) is 0 Å². The second-order valence-electron chi connectivity index (χ2n) is 4.69. The Hall–Kier alpha value is -2.64. The molecule has 0 aliphatic heterocycles. The Bertz CT molecular complexity index is 677. The molecule has 0 aliphatic carbocycles. The SMILES string of the molecule is CCC(O)(C(=O)Nc1ccccc1C#N)c1ccccc1. The zero-order chi connectivity index (χ0) is 15.3. The summed E-state index contributed by atoms with van der Waals surface area (Å²) in [4.78, 5) is 12.5. The number of anilines is 1. The van der Waals surface area contributed by atoms with Crippen molar-refractivity contribution in [3.05, 3.63) is 65.7 Å². The highest BCUT2D eigenvalue weighted by Gasteiger charge is 2.36. The van der Waals surface area contributed by atoms with Crippen molar-refractivity contribution in [1.29, 1.82) is 5.26 Å². The first-order valence-electron chi connectivity index (χ1n) is 6.70. The lowest BCUT2D eigenvalue weighted by Crippen LogP contribution is -2.39. The Morgan fingerprint density at radius 2 is 1.81 bits per heavy atom. The maximum absolute atomic E-state index is 12.5. The summed E-state index contributed by atoms with van der Waals surface area (Å²) >= 11 is 0. The number of carbonyl (C=O) groups is 1. The summed E-state index contributed by atoms with van der Waals surface area (Å²) in [5.41, 5.74) is -0.339. The Labute approximate surface area is 123 Å². The number of carbonyl (C=O) groups excluding carboxylic acids is 1. The van der Waals surface area contributed by atoms with Crippen LogP contribution in [0.4, 0.5) is 5.69 Å². The first-order valence-corrected chi connectivity index (χ1v) is 6.70. The Morgan fingerprint density at radius 3 is 2.43 bits per heavy atom. The van der Waals surface area contributed by atoms with Gasteiger partial charge in [0.15, 0.2) is 5.60 Å². The Balaban J connectivity index is 2.32. The maximum atomic E-state index is 12.5. The van der Waals surface area contributed by atoms with Crippen molar-refractivity contribution in [1.82, 2.24) is 0 Å². The molecule has 0 fully saturated rings. The van der Waals surface area contributed by atoms with Gasteiger partial charge in [-0.1, -0.05) is 49.4 Å². The molecule has 0 aromatic heterocycles. The number of amides is 1. The number of nitriles is 1. The molecule has 0 heterocycles. The number of aliphatic hydroxyl groups is 1. The van der Waals surface area contributed by atoms with E-state index in [4.69, 9.17) is 5.26 Å². The first kappa shape index (κ1) is 14.8. The minimum atomic E-state index is -1.62. The van der Waals surface area contributed by atoms with Gasteiger partial charge in [-0.3, -0.25) is 4.79 Å². The number of hydrogen-bond acceptors (Lipinski definition) is 3. The van der Waals surface area contributed by atoms with Crippen molar-refractivity contribution in [3.8, 4) is 6.07 Å². The fraction of sp³-hybridized carbons (Fsp3) is 0.176. The highest BCUT2D eigenvalue weighted by atomic mass is 16.3. The lowest BCUT2D eigenvalue weighted by molar-refractivity contribution is -0.135. The van der Waals surface area contributed by atoms with E-state index in [2.05, 4.69) is 5.32 Å². The molecule has 2 aromatic rings. The number of benzene rings is 2. The van der Waals surface area contributed by atoms with Crippen LogP contribution >= 0.6 is 0 Å². The third-order valence-corrected chi connectivity index (χ3v) is 3.43. The number of nitrogens with one attached hydrogen (secondary N) is 1. The van der Waals surface area contributed by atoms with Gasteiger partial charge in [0.1, 0.15) is 6.07 Å². The summed E-state index contributed by atoms with van der Waals surface area (Å²) in [5, 5.41) is 22.4. The van der Waals surface area contributed by atoms with Gasteiger partial charge in [-0.15, -0.1) is 0 Å². The van der Waals surface area contributed by atoms with Crippen molar-refractivity contribution < 1.29 is 9.90 Å². The minimum Gasteiger partial charge on any atom is -0.375 e. The van der Waals surface area contributed by atoms with Crippen LogP contribution in [0, 0.1) is 11.3 Å². The molecule has 2 rings (SSSR count). The molecule has 0 radical (unpaired) electrons. The lowest BCUT2D eigenvalue weighted by atomic mass is 9.90. The molecular formula is C17H16N2O2. The van der Waals surface area contributed by atoms with Crippen molar-refractivity contribution in [2.24, 2.45) is 0 Å². The van der Waals surface area contributed by atoms with E-state index >= 15 is 0 Å². The standard InChI is InChI=1S/C17H16N2O2/c1-2-17(21,14-9-4-3-5-10-14)16(20)19-15-11-7-6-8-13(15)12-18/h3-11,21H,2H2,1H3,(H,19,20). The van der Waals surface area contributed by atoms with Crippen LogP contribution in [0.15, 0.2) is 54.6 Å². The number of hydrogen-bond donors (Lipinski definition) is 2. The van der Waals surface area contributed by atoms with Crippen molar-refractivity contribution in [2.45, 2.75) is 18.9 Å². The van der Waals surface area contributed by atoms with Gasteiger partial charge in [-0.2, -0.15) is 5.26 Å². The van der Waals surface area contributed by atoms with Crippen molar-refractivity contribution in [3.63, 3.8) is 0 Å². The summed E-state index contributed by atoms with van der Waals surface area (Å²) < 4.78 is 0. The topological polar surface area (TPSA) is 73.1 Å². The molecular weight excluding hydrogens is 264 g/mol. The molecule has 2 N–H and O–H groups in total. The predicted octanol–water partition coefficient (Wildman–Crippen LogP) is 2.79. The van der Waals surface area contributed by atoms with E-state index in [0.29, 0.717) is 16.8 Å². The van der Waals surface area contributed by atoms with E-state index in [1.807, 2.05) is 12.1 Å². The normalized spacial score (nSPS) is 13.0. The van der Waals surface area contributed by atoms with Crippen LogP contribution in [-0.2, 0) is 10.4 Å². The lowest BCUT2D eigenvalue weighted by Gasteiger charge is -2.26. The summed E-state index contributed by atoms with van der Waals surface area (Å²) in [5.74, 6) is -0.543. The van der Waals surface area contributed by atoms with Crippen LogP contribution in [0.5, 0.6) is 0 Å². The molecule has 0 bridgehead atoms. The predicted molar refractivity (Wildman–Crippen MR) is 80.4 cm³/mol. The van der Waals surface area contributed by atoms with Crippen molar-refractivity contribution in [2.75, 3.05) is 5.32 Å². The second kappa shape index (κ2) is 6.21. The number of nitrogens with zero attached hydrogens (tertiary/aromatic N) is 1. The molecule has 0 aliphatic rings. The zero-order valence-corrected chi connectivity index (χ0v) is 11.7. The van der Waals surface area contributed by atoms with Gasteiger partial charge in [-0.05, 0) is 24.1 Å². The third kappa shape index (κ3) is 2.93. The van der Waals surface area contributed by atoms with E-state index in [0.717, 1.165) is 0 Å².